The summed E-state index contributed by atoms with van der Waals surface area (Å²) in [5, 5.41) is 6.12. The highest BCUT2D eigenvalue weighted by molar-refractivity contribution is 6.10. The van der Waals surface area contributed by atoms with E-state index in [1.807, 2.05) is 31.2 Å². The number of guanidine groups is 1. The Morgan fingerprint density at radius 2 is 1.97 bits per heavy atom. The lowest BCUT2D eigenvalue weighted by Gasteiger charge is -2.25. The van der Waals surface area contributed by atoms with Crippen LogP contribution in [0.3, 0.4) is 0 Å². The molecular weight excluding hydrogens is 368 g/mol. The van der Waals surface area contributed by atoms with Gasteiger partial charge in [-0.05, 0) is 42.8 Å². The molecule has 1 amide bonds. The van der Waals surface area contributed by atoms with Gasteiger partial charge in [0, 0.05) is 30.9 Å². The van der Waals surface area contributed by atoms with Crippen molar-refractivity contribution in [3.8, 4) is 5.75 Å². The number of carbonyl (C=O) groups excluding carboxylic acids is 1. The van der Waals surface area contributed by atoms with Gasteiger partial charge in [0.25, 0.3) is 5.91 Å². The van der Waals surface area contributed by atoms with E-state index in [1.165, 1.54) is 0 Å². The summed E-state index contributed by atoms with van der Waals surface area (Å²) < 4.78 is 10.6. The van der Waals surface area contributed by atoms with Gasteiger partial charge in [0.1, 0.15) is 5.75 Å². The van der Waals surface area contributed by atoms with Gasteiger partial charge in [-0.25, -0.2) is 0 Å². The van der Waals surface area contributed by atoms with E-state index < -0.39 is 0 Å². The fourth-order valence-corrected chi connectivity index (χ4v) is 3.04. The summed E-state index contributed by atoms with van der Waals surface area (Å²) in [5.41, 5.74) is 2.51. The number of aryl methyl sites for hydroxylation is 1. The van der Waals surface area contributed by atoms with E-state index in [-0.39, 0.29) is 5.91 Å². The Kier molecular flexibility index (Phi) is 7.61. The number of benzene rings is 2. The Morgan fingerprint density at radius 3 is 2.72 bits per heavy atom. The van der Waals surface area contributed by atoms with E-state index in [1.54, 1.807) is 31.4 Å². The van der Waals surface area contributed by atoms with Crippen molar-refractivity contribution in [2.45, 2.75) is 6.92 Å². The van der Waals surface area contributed by atoms with Crippen LogP contribution in [-0.4, -0.2) is 63.3 Å². The van der Waals surface area contributed by atoms with Crippen molar-refractivity contribution < 1.29 is 14.3 Å². The highest BCUT2D eigenvalue weighted by atomic mass is 16.5. The second-order valence-corrected chi connectivity index (χ2v) is 6.86. The number of morpholine rings is 1. The number of amides is 1. The van der Waals surface area contributed by atoms with Crippen LogP contribution in [0.15, 0.2) is 53.5 Å². The van der Waals surface area contributed by atoms with E-state index >= 15 is 0 Å². The first-order valence-electron chi connectivity index (χ1n) is 9.78. The van der Waals surface area contributed by atoms with Gasteiger partial charge in [-0.3, -0.25) is 20.0 Å². The van der Waals surface area contributed by atoms with Crippen LogP contribution in [0.2, 0.25) is 0 Å². The van der Waals surface area contributed by atoms with Gasteiger partial charge in [0.2, 0.25) is 5.96 Å². The number of hydrogen-bond donors (Lipinski definition) is 2. The number of nitrogens with one attached hydrogen (secondary N) is 2. The fourth-order valence-electron chi connectivity index (χ4n) is 3.04. The van der Waals surface area contributed by atoms with Gasteiger partial charge in [0.15, 0.2) is 0 Å². The lowest BCUT2D eigenvalue weighted by molar-refractivity contribution is 0.0394. The zero-order valence-corrected chi connectivity index (χ0v) is 17.0. The van der Waals surface area contributed by atoms with E-state index in [9.17, 15) is 4.79 Å². The normalized spacial score (nSPS) is 15.0. The van der Waals surface area contributed by atoms with Crippen LogP contribution >= 0.6 is 0 Å². The van der Waals surface area contributed by atoms with Crippen molar-refractivity contribution in [3.63, 3.8) is 0 Å². The minimum Gasteiger partial charge on any atom is -0.497 e. The van der Waals surface area contributed by atoms with E-state index in [0.717, 1.165) is 44.1 Å². The van der Waals surface area contributed by atoms with Crippen molar-refractivity contribution in [2.75, 3.05) is 51.8 Å². The van der Waals surface area contributed by atoms with Gasteiger partial charge in [-0.1, -0.05) is 18.2 Å². The second kappa shape index (κ2) is 10.6. The summed E-state index contributed by atoms with van der Waals surface area (Å²) in [6.07, 6.45) is 0. The van der Waals surface area contributed by atoms with Crippen molar-refractivity contribution in [1.29, 1.82) is 0 Å². The molecule has 7 nitrogen and oxygen atoms in total. The monoisotopic (exact) mass is 396 g/mol. The zero-order chi connectivity index (χ0) is 20.5. The molecule has 0 bridgehead atoms. The molecule has 2 N–H and O–H groups in total. The molecule has 7 heteroatoms. The Balaban J connectivity index is 1.70. The molecule has 0 radical (unpaired) electrons. The van der Waals surface area contributed by atoms with E-state index in [2.05, 4.69) is 20.5 Å². The molecule has 0 unspecified atom stereocenters. The van der Waals surface area contributed by atoms with Gasteiger partial charge >= 0.3 is 0 Å². The van der Waals surface area contributed by atoms with Gasteiger partial charge < -0.3 is 14.8 Å². The van der Waals surface area contributed by atoms with Crippen LogP contribution in [0, 0.1) is 6.92 Å². The first kappa shape index (κ1) is 20.8. The van der Waals surface area contributed by atoms with Crippen molar-refractivity contribution in [3.05, 3.63) is 59.7 Å². The van der Waals surface area contributed by atoms with Crippen LogP contribution < -0.4 is 15.4 Å². The number of nitrogens with zero attached hydrogens (tertiary/aromatic N) is 2. The summed E-state index contributed by atoms with van der Waals surface area (Å²) in [6, 6.07) is 15.0. The Labute approximate surface area is 171 Å². The maximum atomic E-state index is 12.7. The molecule has 154 valence electrons. The highest BCUT2D eigenvalue weighted by Crippen LogP contribution is 2.13. The van der Waals surface area contributed by atoms with Gasteiger partial charge in [-0.15, -0.1) is 0 Å². The third-order valence-corrected chi connectivity index (χ3v) is 4.63. The van der Waals surface area contributed by atoms with Crippen molar-refractivity contribution in [2.24, 2.45) is 4.99 Å². The molecule has 0 atom stereocenters. The highest BCUT2D eigenvalue weighted by Gasteiger charge is 2.12. The molecule has 1 aliphatic rings. The molecule has 1 saturated heterocycles. The summed E-state index contributed by atoms with van der Waals surface area (Å²) in [7, 11) is 1.58. The minimum absolute atomic E-state index is 0.242. The molecule has 0 saturated carbocycles. The molecule has 0 spiro atoms. The molecule has 0 aromatic heterocycles. The van der Waals surface area contributed by atoms with Crippen LogP contribution in [0.4, 0.5) is 5.69 Å². The van der Waals surface area contributed by atoms with Crippen LogP contribution in [0.5, 0.6) is 5.75 Å². The van der Waals surface area contributed by atoms with Crippen LogP contribution in [0.25, 0.3) is 0 Å². The third-order valence-electron chi connectivity index (χ3n) is 4.63. The van der Waals surface area contributed by atoms with E-state index in [0.29, 0.717) is 23.8 Å². The number of methoxy groups -OCH3 is 1. The molecule has 3 rings (SSSR count). The SMILES string of the molecule is COc1cccc(C(=O)NC(=NCCN2CCOCC2)Nc2cccc(C)c2)c1. The summed E-state index contributed by atoms with van der Waals surface area (Å²) in [5.74, 6) is 0.820. The molecule has 1 fully saturated rings. The zero-order valence-electron chi connectivity index (χ0n) is 17.0. The van der Waals surface area contributed by atoms with Crippen molar-refractivity contribution in [1.82, 2.24) is 10.2 Å². The molecule has 29 heavy (non-hydrogen) atoms. The fraction of sp³-hybridized carbons (Fsp3) is 0.364. The number of anilines is 1. The summed E-state index contributed by atoms with van der Waals surface area (Å²) >= 11 is 0. The maximum absolute atomic E-state index is 12.7. The smallest absolute Gasteiger partial charge is 0.258 e. The minimum atomic E-state index is -0.242. The van der Waals surface area contributed by atoms with Crippen molar-refractivity contribution >= 4 is 17.6 Å². The average Bonchev–Trinajstić information content (AvgIpc) is 2.74. The number of aliphatic imine (C=N–C) groups is 1. The Hall–Kier alpha value is -2.90. The molecule has 2 aromatic rings. The van der Waals surface area contributed by atoms with E-state index in [4.69, 9.17) is 9.47 Å². The van der Waals surface area contributed by atoms with Gasteiger partial charge in [0.05, 0.1) is 26.9 Å². The quantitative estimate of drug-likeness (QED) is 0.580. The lowest BCUT2D eigenvalue weighted by Crippen LogP contribution is -2.39. The lowest BCUT2D eigenvalue weighted by atomic mass is 10.2. The molecule has 1 aliphatic heterocycles. The van der Waals surface area contributed by atoms with Crippen LogP contribution in [-0.2, 0) is 4.74 Å². The average molecular weight is 396 g/mol. The number of rotatable bonds is 6. The standard InChI is InChI=1S/C22H28N4O3/c1-17-5-3-7-19(15-17)24-22(23-9-10-26-11-13-29-14-12-26)25-21(27)18-6-4-8-20(16-18)28-2/h3-8,15-16H,9-14H2,1-2H3,(H2,23,24,25,27). The Morgan fingerprint density at radius 1 is 1.17 bits per heavy atom. The maximum Gasteiger partial charge on any atom is 0.258 e. The predicted molar refractivity (Wildman–Crippen MR) is 115 cm³/mol. The predicted octanol–water partition coefficient (Wildman–Crippen LogP) is 2.53. The third kappa shape index (κ3) is 6.58. The molecule has 2 aromatic carbocycles. The Bertz CT molecular complexity index is 847. The first-order valence-corrected chi connectivity index (χ1v) is 9.78. The molecule has 0 aliphatic carbocycles. The number of ether oxygens (including phenoxy) is 2. The molecular formula is C22H28N4O3. The van der Waals surface area contributed by atoms with Gasteiger partial charge in [-0.2, -0.15) is 0 Å². The summed E-state index contributed by atoms with van der Waals surface area (Å²) in [6.45, 7) is 6.74. The largest absolute Gasteiger partial charge is 0.497 e. The number of hydrogen-bond acceptors (Lipinski definition) is 5. The van der Waals surface area contributed by atoms with Crippen LogP contribution in [0.1, 0.15) is 15.9 Å². The second-order valence-electron chi connectivity index (χ2n) is 6.86. The topological polar surface area (TPSA) is 75.2 Å². The first-order chi connectivity index (χ1) is 14.1. The number of carbonyl (C=O) groups is 1. The summed E-state index contributed by atoms with van der Waals surface area (Å²) in [4.78, 5) is 19.6. The molecule has 1 heterocycles.